The molecule has 1 aromatic heterocycles. The molecule has 0 spiro atoms. The molecule has 1 unspecified atom stereocenters. The molecular weight excluding hydrogens is 622 g/mol. The van der Waals surface area contributed by atoms with E-state index in [0.29, 0.717) is 27.2 Å². The van der Waals surface area contributed by atoms with Crippen molar-refractivity contribution in [2.24, 2.45) is 0 Å². The minimum absolute atomic E-state index is 0.0987. The third-order valence-corrected chi connectivity index (χ3v) is 7.68. The topological polar surface area (TPSA) is 60.8 Å². The van der Waals surface area contributed by atoms with E-state index in [1.807, 2.05) is 42.5 Å². The van der Waals surface area contributed by atoms with Crippen molar-refractivity contribution in [2.75, 3.05) is 18.1 Å². The molecule has 0 radical (unpaired) electrons. The number of allylic oxidation sites excluding steroid dienone is 1. The Morgan fingerprint density at radius 1 is 0.947 bits per heavy atom. The number of amides is 1. The number of ether oxygens (including phenoxy) is 2. The minimum Gasteiger partial charge on any atom is -0.449 e. The van der Waals surface area contributed by atoms with Crippen LogP contribution in [-0.2, 0) is 9.47 Å². The van der Waals surface area contributed by atoms with Gasteiger partial charge in [0, 0.05) is 25.5 Å². The van der Waals surface area contributed by atoms with Gasteiger partial charge >= 0.3 is 12.2 Å². The summed E-state index contributed by atoms with van der Waals surface area (Å²) in [5, 5.41) is 1.20. The highest BCUT2D eigenvalue weighted by Crippen LogP contribution is 2.54. The van der Waals surface area contributed by atoms with Crippen molar-refractivity contribution in [3.05, 3.63) is 104 Å². The van der Waals surface area contributed by atoms with Crippen molar-refractivity contribution < 1.29 is 23.5 Å². The van der Waals surface area contributed by atoms with E-state index in [-0.39, 0.29) is 19.0 Å². The fourth-order valence-electron chi connectivity index (χ4n) is 4.82. The molecule has 0 N–H and O–H groups in total. The molecule has 5 rings (SSSR count). The summed E-state index contributed by atoms with van der Waals surface area (Å²) in [5.74, 6) is -0.663. The quantitative estimate of drug-likeness (QED) is 0.210. The Morgan fingerprint density at radius 3 is 2.26 bits per heavy atom. The highest BCUT2D eigenvalue weighted by molar-refractivity contribution is 14.1. The van der Waals surface area contributed by atoms with E-state index in [4.69, 9.17) is 21.1 Å². The third kappa shape index (κ3) is 4.45. The summed E-state index contributed by atoms with van der Waals surface area (Å²) in [6, 6.07) is 21.1. The number of aromatic nitrogens is 1. The molecule has 0 bridgehead atoms. The zero-order valence-corrected chi connectivity index (χ0v) is 23.5. The summed E-state index contributed by atoms with van der Waals surface area (Å²) in [6.07, 6.45) is -1.39. The van der Waals surface area contributed by atoms with Crippen LogP contribution in [0, 0.1) is 5.82 Å². The molecule has 38 heavy (non-hydrogen) atoms. The number of hydrogen-bond acceptors (Lipinski definition) is 4. The zero-order chi connectivity index (χ0) is 27.0. The summed E-state index contributed by atoms with van der Waals surface area (Å²) in [4.78, 5) is 28.5. The van der Waals surface area contributed by atoms with E-state index < -0.39 is 23.9 Å². The number of benzene rings is 3. The Kier molecular flexibility index (Phi) is 7.45. The number of carbonyl (C=O) groups is 2. The molecule has 6 nitrogen and oxygen atoms in total. The fraction of sp³-hybridized carbons (Fsp3) is 0.172. The first-order chi connectivity index (χ1) is 18.4. The SMILES string of the molecule is CCOC(=O)N1C(c2ccccc2)=C(I)C(c2ccc(Cl)cc2)c2c1n(C(=O)OCC)c1cc(F)ccc21. The zero-order valence-electron chi connectivity index (χ0n) is 20.6. The standard InChI is InChI=1S/C29H23ClFIN2O4/c1-3-37-28(35)33-22-16-20(31)14-15-21(22)24-23(17-10-12-19(30)13-11-17)25(32)26(18-8-6-5-7-9-18)34(27(24)33)29(36)38-4-2/h5-16,23H,3-4H2,1-2H3. The Hall–Kier alpha value is -3.37. The van der Waals surface area contributed by atoms with Gasteiger partial charge in [-0.25, -0.2) is 23.4 Å². The molecule has 9 heteroatoms. The molecule has 3 aromatic carbocycles. The van der Waals surface area contributed by atoms with E-state index >= 15 is 0 Å². The Morgan fingerprint density at radius 2 is 1.61 bits per heavy atom. The normalized spacial score (nSPS) is 15.0. The summed E-state index contributed by atoms with van der Waals surface area (Å²) in [5.41, 5.74) is 3.16. The lowest BCUT2D eigenvalue weighted by Crippen LogP contribution is -2.37. The molecule has 0 fully saturated rings. The van der Waals surface area contributed by atoms with Crippen LogP contribution in [0.25, 0.3) is 16.6 Å². The average molecular weight is 645 g/mol. The second kappa shape index (κ2) is 10.8. The molecule has 0 saturated carbocycles. The number of fused-ring (bicyclic) bond motifs is 3. The van der Waals surface area contributed by atoms with Crippen LogP contribution in [-0.4, -0.2) is 30.0 Å². The lowest BCUT2D eigenvalue weighted by atomic mass is 9.86. The van der Waals surface area contributed by atoms with Crippen LogP contribution in [0.2, 0.25) is 5.02 Å². The lowest BCUT2D eigenvalue weighted by molar-refractivity contribution is 0.154. The van der Waals surface area contributed by atoms with Crippen molar-refractivity contribution in [1.29, 1.82) is 0 Å². The second-order valence-electron chi connectivity index (χ2n) is 8.51. The van der Waals surface area contributed by atoms with Crippen LogP contribution in [0.3, 0.4) is 0 Å². The minimum atomic E-state index is -0.724. The number of hydrogen-bond donors (Lipinski definition) is 0. The van der Waals surface area contributed by atoms with Crippen LogP contribution >= 0.6 is 34.2 Å². The maximum Gasteiger partial charge on any atom is 0.420 e. The Labute approximate surface area is 237 Å². The second-order valence-corrected chi connectivity index (χ2v) is 10.1. The monoisotopic (exact) mass is 644 g/mol. The van der Waals surface area contributed by atoms with Gasteiger partial charge in [-0.2, -0.15) is 0 Å². The highest BCUT2D eigenvalue weighted by Gasteiger charge is 2.43. The maximum atomic E-state index is 14.6. The number of anilines is 1. The van der Waals surface area contributed by atoms with Crippen LogP contribution in [0.4, 0.5) is 19.8 Å². The number of halogens is 3. The summed E-state index contributed by atoms with van der Waals surface area (Å²) in [6.45, 7) is 3.63. The van der Waals surface area contributed by atoms with Gasteiger partial charge in [0.25, 0.3) is 0 Å². The Bertz CT molecular complexity index is 1570. The van der Waals surface area contributed by atoms with E-state index in [0.717, 1.165) is 14.7 Å². The van der Waals surface area contributed by atoms with Gasteiger partial charge in [-0.05, 0) is 77.9 Å². The smallest absolute Gasteiger partial charge is 0.420 e. The van der Waals surface area contributed by atoms with E-state index in [1.165, 1.54) is 21.6 Å². The van der Waals surface area contributed by atoms with Crippen molar-refractivity contribution in [2.45, 2.75) is 19.8 Å². The van der Waals surface area contributed by atoms with Gasteiger partial charge in [0.05, 0.1) is 24.4 Å². The molecular formula is C29H23ClFIN2O4. The van der Waals surface area contributed by atoms with Crippen molar-refractivity contribution in [3.8, 4) is 0 Å². The van der Waals surface area contributed by atoms with Crippen LogP contribution < -0.4 is 4.90 Å². The van der Waals surface area contributed by atoms with E-state index in [1.54, 1.807) is 32.0 Å². The Balaban J connectivity index is 1.95. The molecule has 4 aromatic rings. The van der Waals surface area contributed by atoms with Gasteiger partial charge in [0.2, 0.25) is 0 Å². The maximum absolute atomic E-state index is 14.6. The van der Waals surface area contributed by atoms with Gasteiger partial charge in [0.1, 0.15) is 11.6 Å². The van der Waals surface area contributed by atoms with Crippen molar-refractivity contribution in [1.82, 2.24) is 4.57 Å². The molecule has 1 amide bonds. The number of nitrogens with zero attached hydrogens (tertiary/aromatic N) is 2. The number of rotatable bonds is 4. The first-order valence-corrected chi connectivity index (χ1v) is 13.5. The largest absolute Gasteiger partial charge is 0.449 e. The van der Waals surface area contributed by atoms with Gasteiger partial charge in [-0.1, -0.05) is 54.1 Å². The summed E-state index contributed by atoms with van der Waals surface area (Å²) < 4.78 is 27.6. The molecule has 1 atom stereocenters. The highest BCUT2D eigenvalue weighted by atomic mass is 127. The van der Waals surface area contributed by atoms with Crippen LogP contribution in [0.5, 0.6) is 0 Å². The van der Waals surface area contributed by atoms with Crippen molar-refractivity contribution in [3.63, 3.8) is 0 Å². The molecule has 1 aliphatic heterocycles. The van der Waals surface area contributed by atoms with Gasteiger partial charge < -0.3 is 9.47 Å². The van der Waals surface area contributed by atoms with Gasteiger partial charge in [-0.3, -0.25) is 0 Å². The van der Waals surface area contributed by atoms with Gasteiger partial charge in [0.15, 0.2) is 0 Å². The first kappa shape index (κ1) is 26.2. The van der Waals surface area contributed by atoms with E-state index in [2.05, 4.69) is 22.6 Å². The lowest BCUT2D eigenvalue weighted by Gasteiger charge is -2.35. The van der Waals surface area contributed by atoms with Crippen LogP contribution in [0.1, 0.15) is 36.5 Å². The molecule has 1 aliphatic rings. The predicted molar refractivity (Wildman–Crippen MR) is 154 cm³/mol. The third-order valence-electron chi connectivity index (χ3n) is 6.30. The molecule has 2 heterocycles. The van der Waals surface area contributed by atoms with Gasteiger partial charge in [-0.15, -0.1) is 0 Å². The molecule has 194 valence electrons. The molecule has 0 saturated heterocycles. The predicted octanol–water partition coefficient (Wildman–Crippen LogP) is 8.35. The fourth-order valence-corrected chi connectivity index (χ4v) is 6.17. The summed E-state index contributed by atoms with van der Waals surface area (Å²) >= 11 is 8.46. The molecule has 0 aliphatic carbocycles. The number of carbonyl (C=O) groups excluding carboxylic acids is 2. The average Bonchev–Trinajstić information content (AvgIpc) is 3.23. The van der Waals surface area contributed by atoms with Crippen molar-refractivity contribution >= 4 is 68.8 Å². The first-order valence-electron chi connectivity index (χ1n) is 12.1. The van der Waals surface area contributed by atoms with Crippen LogP contribution in [0.15, 0.2) is 76.4 Å². The summed E-state index contributed by atoms with van der Waals surface area (Å²) in [7, 11) is 0. The van der Waals surface area contributed by atoms with E-state index in [9.17, 15) is 14.0 Å².